The van der Waals surface area contributed by atoms with E-state index in [0.29, 0.717) is 6.54 Å². The number of hydrogen-bond acceptors (Lipinski definition) is 1. The lowest BCUT2D eigenvalue weighted by Crippen LogP contribution is -2.32. The van der Waals surface area contributed by atoms with Gasteiger partial charge in [-0.05, 0) is 38.5 Å². The van der Waals surface area contributed by atoms with E-state index in [2.05, 4.69) is 19.2 Å². The predicted octanol–water partition coefficient (Wildman–Crippen LogP) is 1.76. The molecule has 1 aliphatic rings. The molecule has 1 N–H and O–H groups in total. The molecule has 0 spiro atoms. The normalized spacial score (nSPS) is 29.8. The van der Waals surface area contributed by atoms with E-state index in [1.807, 2.05) is 0 Å². The lowest BCUT2D eigenvalue weighted by molar-refractivity contribution is -0.125. The van der Waals surface area contributed by atoms with E-state index >= 15 is 0 Å². The van der Waals surface area contributed by atoms with Crippen LogP contribution in [0.4, 0.5) is 0 Å². The summed E-state index contributed by atoms with van der Waals surface area (Å²) in [7, 11) is 0. The molecule has 1 rings (SSSR count). The number of amides is 1. The van der Waals surface area contributed by atoms with Gasteiger partial charge in [0.25, 0.3) is 0 Å². The Hall–Kier alpha value is -0.530. The minimum atomic E-state index is 0.205. The molecule has 2 heteroatoms. The summed E-state index contributed by atoms with van der Waals surface area (Å²) in [5.41, 5.74) is 0. The van der Waals surface area contributed by atoms with Crippen molar-refractivity contribution in [3.05, 3.63) is 6.92 Å². The van der Waals surface area contributed by atoms with Crippen molar-refractivity contribution in [1.82, 2.24) is 5.32 Å². The van der Waals surface area contributed by atoms with Crippen LogP contribution in [0.3, 0.4) is 0 Å². The standard InChI is InChI=1S/C10H18NO/c1-3-11-10(12)9-6-4-8(2)5-7-9/h8-9H,1,3-7H2,2H3,(H,11,12). The molecule has 2 nitrogen and oxygen atoms in total. The second-order valence-corrected chi connectivity index (χ2v) is 3.75. The van der Waals surface area contributed by atoms with Crippen molar-refractivity contribution in [3.63, 3.8) is 0 Å². The molecule has 69 valence electrons. The SMILES string of the molecule is [CH2]CNC(=O)C1CCC(C)CC1. The van der Waals surface area contributed by atoms with Gasteiger partial charge >= 0.3 is 0 Å². The third-order valence-electron chi connectivity index (χ3n) is 2.69. The van der Waals surface area contributed by atoms with Gasteiger partial charge in [0, 0.05) is 12.5 Å². The number of nitrogens with one attached hydrogen (secondary N) is 1. The van der Waals surface area contributed by atoms with Crippen LogP contribution in [0, 0.1) is 18.8 Å². The van der Waals surface area contributed by atoms with Crippen LogP contribution in [0.15, 0.2) is 0 Å². The van der Waals surface area contributed by atoms with Gasteiger partial charge in [0.05, 0.1) is 0 Å². The highest BCUT2D eigenvalue weighted by atomic mass is 16.1. The third-order valence-corrected chi connectivity index (χ3v) is 2.69. The molecule has 0 atom stereocenters. The molecule has 1 saturated carbocycles. The lowest BCUT2D eigenvalue weighted by Gasteiger charge is -2.24. The van der Waals surface area contributed by atoms with Gasteiger partial charge in [-0.25, -0.2) is 0 Å². The Morgan fingerprint density at radius 1 is 1.42 bits per heavy atom. The molecule has 0 aliphatic heterocycles. The van der Waals surface area contributed by atoms with Crippen molar-refractivity contribution < 1.29 is 4.79 Å². The summed E-state index contributed by atoms with van der Waals surface area (Å²) in [5.74, 6) is 1.29. The van der Waals surface area contributed by atoms with Gasteiger partial charge in [0.2, 0.25) is 5.91 Å². The van der Waals surface area contributed by atoms with Crippen LogP contribution >= 0.6 is 0 Å². The monoisotopic (exact) mass is 168 g/mol. The Labute approximate surface area is 74.7 Å². The number of hydrogen-bond donors (Lipinski definition) is 1. The van der Waals surface area contributed by atoms with Crippen molar-refractivity contribution in [3.8, 4) is 0 Å². The van der Waals surface area contributed by atoms with Gasteiger partial charge < -0.3 is 5.32 Å². The summed E-state index contributed by atoms with van der Waals surface area (Å²) in [6, 6.07) is 0. The smallest absolute Gasteiger partial charge is 0.223 e. The molecule has 0 bridgehead atoms. The first-order valence-corrected chi connectivity index (χ1v) is 4.81. The average Bonchev–Trinajstić information content (AvgIpc) is 2.06. The van der Waals surface area contributed by atoms with E-state index in [4.69, 9.17) is 0 Å². The second kappa shape index (κ2) is 4.48. The molecule has 0 heterocycles. The molecule has 12 heavy (non-hydrogen) atoms. The zero-order valence-corrected chi connectivity index (χ0v) is 7.81. The molecular formula is C10H18NO. The topological polar surface area (TPSA) is 29.1 Å². The first-order valence-electron chi connectivity index (χ1n) is 4.81. The fourth-order valence-corrected chi connectivity index (χ4v) is 1.79. The van der Waals surface area contributed by atoms with E-state index in [-0.39, 0.29) is 11.8 Å². The van der Waals surface area contributed by atoms with Crippen molar-refractivity contribution in [1.29, 1.82) is 0 Å². The lowest BCUT2D eigenvalue weighted by atomic mass is 9.82. The summed E-state index contributed by atoms with van der Waals surface area (Å²) >= 11 is 0. The fraction of sp³-hybridized carbons (Fsp3) is 0.800. The quantitative estimate of drug-likeness (QED) is 0.669. The third kappa shape index (κ3) is 2.50. The summed E-state index contributed by atoms with van der Waals surface area (Å²) < 4.78 is 0. The molecular weight excluding hydrogens is 150 g/mol. The zero-order valence-electron chi connectivity index (χ0n) is 7.81. The maximum absolute atomic E-state index is 11.4. The minimum absolute atomic E-state index is 0.205. The molecule has 1 fully saturated rings. The van der Waals surface area contributed by atoms with Crippen LogP contribution in [-0.4, -0.2) is 12.5 Å². The van der Waals surface area contributed by atoms with Gasteiger partial charge in [-0.2, -0.15) is 0 Å². The molecule has 0 unspecified atom stereocenters. The maximum atomic E-state index is 11.4. The van der Waals surface area contributed by atoms with Crippen LogP contribution in [0.2, 0.25) is 0 Å². The first kappa shape index (κ1) is 9.56. The predicted molar refractivity (Wildman–Crippen MR) is 49.5 cm³/mol. The van der Waals surface area contributed by atoms with Crippen LogP contribution in [0.25, 0.3) is 0 Å². The Kier molecular flexibility index (Phi) is 3.57. The first-order chi connectivity index (χ1) is 5.74. The van der Waals surface area contributed by atoms with E-state index in [1.54, 1.807) is 0 Å². The zero-order chi connectivity index (χ0) is 8.97. The van der Waals surface area contributed by atoms with Crippen LogP contribution in [-0.2, 0) is 4.79 Å². The van der Waals surface area contributed by atoms with E-state index in [1.165, 1.54) is 12.8 Å². The Balaban J connectivity index is 2.29. The highest BCUT2D eigenvalue weighted by molar-refractivity contribution is 5.78. The van der Waals surface area contributed by atoms with Crippen molar-refractivity contribution in [2.24, 2.45) is 11.8 Å². The minimum Gasteiger partial charge on any atom is -0.356 e. The Morgan fingerprint density at radius 2 is 2.00 bits per heavy atom. The van der Waals surface area contributed by atoms with Crippen molar-refractivity contribution in [2.45, 2.75) is 32.6 Å². The molecule has 1 radical (unpaired) electrons. The van der Waals surface area contributed by atoms with Gasteiger partial charge in [-0.3, -0.25) is 4.79 Å². The summed E-state index contributed by atoms with van der Waals surface area (Å²) in [6.45, 7) is 6.38. The molecule has 1 amide bonds. The fourth-order valence-electron chi connectivity index (χ4n) is 1.79. The Bertz CT molecular complexity index is 148. The highest BCUT2D eigenvalue weighted by Gasteiger charge is 2.23. The van der Waals surface area contributed by atoms with Crippen LogP contribution < -0.4 is 5.32 Å². The number of carbonyl (C=O) groups excluding carboxylic acids is 1. The average molecular weight is 168 g/mol. The van der Waals surface area contributed by atoms with E-state index in [9.17, 15) is 4.79 Å². The van der Waals surface area contributed by atoms with Crippen LogP contribution in [0.1, 0.15) is 32.6 Å². The van der Waals surface area contributed by atoms with Gasteiger partial charge in [-0.15, -0.1) is 0 Å². The van der Waals surface area contributed by atoms with Gasteiger partial charge in [0.1, 0.15) is 0 Å². The summed E-state index contributed by atoms with van der Waals surface area (Å²) in [6.07, 6.45) is 4.53. The van der Waals surface area contributed by atoms with E-state index < -0.39 is 0 Å². The number of rotatable bonds is 2. The highest BCUT2D eigenvalue weighted by Crippen LogP contribution is 2.28. The summed E-state index contributed by atoms with van der Waals surface area (Å²) in [5, 5.41) is 2.78. The van der Waals surface area contributed by atoms with Gasteiger partial charge in [-0.1, -0.05) is 6.92 Å². The number of carbonyl (C=O) groups is 1. The molecule has 0 aromatic carbocycles. The Morgan fingerprint density at radius 3 is 2.50 bits per heavy atom. The van der Waals surface area contributed by atoms with Gasteiger partial charge in [0.15, 0.2) is 0 Å². The molecule has 0 aromatic rings. The van der Waals surface area contributed by atoms with E-state index in [0.717, 1.165) is 18.8 Å². The largest absolute Gasteiger partial charge is 0.356 e. The second-order valence-electron chi connectivity index (χ2n) is 3.75. The van der Waals surface area contributed by atoms with Crippen molar-refractivity contribution in [2.75, 3.05) is 6.54 Å². The molecule has 0 saturated heterocycles. The maximum Gasteiger partial charge on any atom is 0.223 e. The van der Waals surface area contributed by atoms with Crippen molar-refractivity contribution >= 4 is 5.91 Å². The molecule has 1 aliphatic carbocycles. The van der Waals surface area contributed by atoms with Crippen LogP contribution in [0.5, 0.6) is 0 Å². The molecule has 0 aromatic heterocycles. The summed E-state index contributed by atoms with van der Waals surface area (Å²) in [4.78, 5) is 11.4.